The van der Waals surface area contributed by atoms with E-state index in [2.05, 4.69) is 25.9 Å². The first-order valence-corrected chi connectivity index (χ1v) is 4.30. The molecular formula is C8H5BrN2O2. The minimum absolute atomic E-state index is 0.191. The maximum Gasteiger partial charge on any atom is 0.159 e. The number of rotatable bonds is 0. The summed E-state index contributed by atoms with van der Waals surface area (Å²) >= 11 is 3.16. The lowest BCUT2D eigenvalue weighted by atomic mass is 10.2. The summed E-state index contributed by atoms with van der Waals surface area (Å²) in [6, 6.07) is 2.73. The standard InChI is InChI=1S/C8H5BrN2O2/c9-8-3-10-4-1-6(12)7(13)2-5(4)11-8/h1-3,12-13H. The third-order valence-electron chi connectivity index (χ3n) is 1.61. The van der Waals surface area contributed by atoms with Gasteiger partial charge in [0.15, 0.2) is 11.5 Å². The van der Waals surface area contributed by atoms with Gasteiger partial charge in [-0.1, -0.05) is 0 Å². The molecule has 1 aromatic heterocycles. The lowest BCUT2D eigenvalue weighted by Gasteiger charge is -2.00. The largest absolute Gasteiger partial charge is 0.504 e. The van der Waals surface area contributed by atoms with Gasteiger partial charge in [0.25, 0.3) is 0 Å². The van der Waals surface area contributed by atoms with Crippen LogP contribution in [0.5, 0.6) is 11.5 Å². The second-order valence-electron chi connectivity index (χ2n) is 2.52. The SMILES string of the molecule is Oc1cc2ncc(Br)nc2cc1O. The van der Waals surface area contributed by atoms with Gasteiger partial charge in [0.1, 0.15) is 4.60 Å². The second kappa shape index (κ2) is 2.85. The van der Waals surface area contributed by atoms with Crippen molar-refractivity contribution >= 4 is 27.0 Å². The number of benzene rings is 1. The van der Waals surface area contributed by atoms with E-state index < -0.39 is 0 Å². The van der Waals surface area contributed by atoms with Gasteiger partial charge in [0.2, 0.25) is 0 Å². The van der Waals surface area contributed by atoms with Crippen LogP contribution in [-0.2, 0) is 0 Å². The van der Waals surface area contributed by atoms with Crippen LogP contribution in [0.25, 0.3) is 11.0 Å². The van der Waals surface area contributed by atoms with Crippen LogP contribution in [0, 0.1) is 0 Å². The Kier molecular flexibility index (Phi) is 1.81. The third-order valence-corrected chi connectivity index (χ3v) is 1.99. The first-order chi connectivity index (χ1) is 6.16. The summed E-state index contributed by atoms with van der Waals surface area (Å²) in [5, 5.41) is 18.3. The molecule has 2 rings (SSSR count). The normalized spacial score (nSPS) is 10.5. The van der Waals surface area contributed by atoms with Crippen molar-refractivity contribution in [2.24, 2.45) is 0 Å². The molecule has 0 aliphatic rings. The highest BCUT2D eigenvalue weighted by Crippen LogP contribution is 2.28. The molecule has 0 bridgehead atoms. The zero-order valence-corrected chi connectivity index (χ0v) is 7.98. The average Bonchev–Trinajstić information content (AvgIpc) is 2.08. The van der Waals surface area contributed by atoms with E-state index in [0.717, 1.165) is 0 Å². The summed E-state index contributed by atoms with van der Waals surface area (Å²) in [5.74, 6) is -0.385. The molecule has 0 atom stereocenters. The summed E-state index contributed by atoms with van der Waals surface area (Å²) in [5.41, 5.74) is 1.07. The Bertz CT molecular complexity index is 473. The molecule has 0 amide bonds. The molecule has 0 radical (unpaired) electrons. The molecule has 5 heteroatoms. The summed E-state index contributed by atoms with van der Waals surface area (Å²) in [6.45, 7) is 0. The topological polar surface area (TPSA) is 66.2 Å². The molecule has 0 saturated carbocycles. The maximum atomic E-state index is 9.18. The molecule has 0 saturated heterocycles. The summed E-state index contributed by atoms with van der Waals surface area (Å²) < 4.78 is 0.588. The van der Waals surface area contributed by atoms with Gasteiger partial charge in [-0.3, -0.25) is 4.98 Å². The Morgan fingerprint density at radius 1 is 1.08 bits per heavy atom. The number of phenolic OH excluding ortho intramolecular Hbond substituents is 2. The number of hydrogen-bond acceptors (Lipinski definition) is 4. The van der Waals surface area contributed by atoms with E-state index in [4.69, 9.17) is 5.11 Å². The van der Waals surface area contributed by atoms with Gasteiger partial charge in [0, 0.05) is 12.1 Å². The van der Waals surface area contributed by atoms with E-state index in [1.807, 2.05) is 0 Å². The van der Waals surface area contributed by atoms with Crippen LogP contribution >= 0.6 is 15.9 Å². The van der Waals surface area contributed by atoms with Crippen LogP contribution in [0.2, 0.25) is 0 Å². The van der Waals surface area contributed by atoms with Gasteiger partial charge in [0.05, 0.1) is 17.2 Å². The van der Waals surface area contributed by atoms with Crippen molar-refractivity contribution in [3.8, 4) is 11.5 Å². The molecular weight excluding hydrogens is 236 g/mol. The molecule has 0 unspecified atom stereocenters. The molecule has 13 heavy (non-hydrogen) atoms. The van der Waals surface area contributed by atoms with Gasteiger partial charge >= 0.3 is 0 Å². The summed E-state index contributed by atoms with van der Waals surface area (Å²) in [4.78, 5) is 8.06. The zero-order chi connectivity index (χ0) is 9.42. The number of hydrogen-bond donors (Lipinski definition) is 2. The summed E-state index contributed by atoms with van der Waals surface area (Å²) in [7, 11) is 0. The van der Waals surface area contributed by atoms with Gasteiger partial charge in [-0.25, -0.2) is 4.98 Å². The van der Waals surface area contributed by atoms with Crippen LogP contribution in [0.4, 0.5) is 0 Å². The van der Waals surface area contributed by atoms with E-state index >= 15 is 0 Å². The first kappa shape index (κ1) is 8.25. The maximum absolute atomic E-state index is 9.18. The number of phenols is 2. The first-order valence-electron chi connectivity index (χ1n) is 3.51. The molecule has 4 nitrogen and oxygen atoms in total. The van der Waals surface area contributed by atoms with Crippen molar-refractivity contribution in [3.05, 3.63) is 22.9 Å². The Balaban J connectivity index is 2.81. The molecule has 2 N–H and O–H groups in total. The molecule has 1 aromatic carbocycles. The van der Waals surface area contributed by atoms with Crippen molar-refractivity contribution in [3.63, 3.8) is 0 Å². The van der Waals surface area contributed by atoms with Gasteiger partial charge < -0.3 is 10.2 Å². The average molecular weight is 241 g/mol. The van der Waals surface area contributed by atoms with E-state index in [1.165, 1.54) is 18.3 Å². The Labute approximate surface area is 82.0 Å². The number of aromatic hydroxyl groups is 2. The van der Waals surface area contributed by atoms with Crippen molar-refractivity contribution in [1.82, 2.24) is 9.97 Å². The monoisotopic (exact) mass is 240 g/mol. The van der Waals surface area contributed by atoms with E-state index in [-0.39, 0.29) is 11.5 Å². The van der Waals surface area contributed by atoms with Crippen LogP contribution < -0.4 is 0 Å². The molecule has 0 aliphatic carbocycles. The predicted octanol–water partition coefficient (Wildman–Crippen LogP) is 1.80. The fourth-order valence-electron chi connectivity index (χ4n) is 1.01. The van der Waals surface area contributed by atoms with Gasteiger partial charge in [-0.15, -0.1) is 0 Å². The second-order valence-corrected chi connectivity index (χ2v) is 3.33. The number of halogens is 1. The minimum Gasteiger partial charge on any atom is -0.504 e. The predicted molar refractivity (Wildman–Crippen MR) is 50.6 cm³/mol. The summed E-state index contributed by atoms with van der Waals surface area (Å²) in [6.07, 6.45) is 1.53. The van der Waals surface area contributed by atoms with Crippen LogP contribution in [0.3, 0.4) is 0 Å². The van der Waals surface area contributed by atoms with Crippen LogP contribution in [0.15, 0.2) is 22.9 Å². The van der Waals surface area contributed by atoms with Gasteiger partial charge in [-0.2, -0.15) is 0 Å². The fraction of sp³-hybridized carbons (Fsp3) is 0. The molecule has 0 spiro atoms. The van der Waals surface area contributed by atoms with Gasteiger partial charge in [-0.05, 0) is 15.9 Å². The zero-order valence-electron chi connectivity index (χ0n) is 6.40. The minimum atomic E-state index is -0.195. The van der Waals surface area contributed by atoms with Crippen molar-refractivity contribution < 1.29 is 10.2 Å². The molecule has 1 heterocycles. The lowest BCUT2D eigenvalue weighted by molar-refractivity contribution is 0.404. The Morgan fingerprint density at radius 3 is 2.38 bits per heavy atom. The smallest absolute Gasteiger partial charge is 0.159 e. The quantitative estimate of drug-likeness (QED) is 0.690. The highest BCUT2D eigenvalue weighted by molar-refractivity contribution is 9.10. The number of nitrogens with zero attached hydrogens (tertiary/aromatic N) is 2. The Hall–Kier alpha value is -1.36. The van der Waals surface area contributed by atoms with E-state index in [0.29, 0.717) is 15.6 Å². The van der Waals surface area contributed by atoms with Crippen molar-refractivity contribution in [2.45, 2.75) is 0 Å². The molecule has 0 aliphatic heterocycles. The van der Waals surface area contributed by atoms with E-state index in [9.17, 15) is 5.11 Å². The fourth-order valence-corrected chi connectivity index (χ4v) is 1.31. The lowest BCUT2D eigenvalue weighted by Crippen LogP contribution is -1.83. The molecule has 66 valence electrons. The van der Waals surface area contributed by atoms with E-state index in [1.54, 1.807) is 0 Å². The van der Waals surface area contributed by atoms with Crippen molar-refractivity contribution in [1.29, 1.82) is 0 Å². The number of aromatic nitrogens is 2. The third kappa shape index (κ3) is 1.42. The highest BCUT2D eigenvalue weighted by Gasteiger charge is 2.04. The Morgan fingerprint density at radius 2 is 1.69 bits per heavy atom. The van der Waals surface area contributed by atoms with Crippen molar-refractivity contribution in [2.75, 3.05) is 0 Å². The molecule has 2 aromatic rings. The molecule has 0 fully saturated rings. The highest BCUT2D eigenvalue weighted by atomic mass is 79.9. The van der Waals surface area contributed by atoms with Crippen LogP contribution in [-0.4, -0.2) is 20.2 Å². The van der Waals surface area contributed by atoms with Crippen LogP contribution in [0.1, 0.15) is 0 Å². The number of fused-ring (bicyclic) bond motifs is 1.